The quantitative estimate of drug-likeness (QED) is 0.403. The highest BCUT2D eigenvalue weighted by molar-refractivity contribution is 7.99. The first-order chi connectivity index (χ1) is 15.7. The zero-order chi connectivity index (χ0) is 24.1. The minimum atomic E-state index is -1.11. The summed E-state index contributed by atoms with van der Waals surface area (Å²) in [6.07, 6.45) is 9.35. The summed E-state index contributed by atoms with van der Waals surface area (Å²) in [5, 5.41) is 0. The van der Waals surface area contributed by atoms with E-state index in [0.29, 0.717) is 0 Å². The molecule has 1 amide bonds. The minimum Gasteiger partial charge on any atom is -0.330 e. The average molecular weight is 488 g/mol. The Morgan fingerprint density at radius 1 is 1.09 bits per heavy atom. The van der Waals surface area contributed by atoms with Crippen LogP contribution in [0.1, 0.15) is 64.0 Å². The van der Waals surface area contributed by atoms with Crippen molar-refractivity contribution in [3.63, 3.8) is 0 Å². The molecule has 33 heavy (non-hydrogen) atoms. The number of hydrogen-bond donors (Lipinski definition) is 2. The molecule has 1 aliphatic carbocycles. The van der Waals surface area contributed by atoms with E-state index in [2.05, 4.69) is 27.6 Å². The van der Waals surface area contributed by atoms with Gasteiger partial charge in [0.15, 0.2) is 0 Å². The van der Waals surface area contributed by atoms with Crippen LogP contribution in [0.25, 0.3) is 0 Å². The van der Waals surface area contributed by atoms with Crippen molar-refractivity contribution < 1.29 is 9.00 Å². The Bertz CT molecular complexity index is 982. The molecule has 0 radical (unpaired) electrons. The summed E-state index contributed by atoms with van der Waals surface area (Å²) >= 11 is 1.61. The Balaban J connectivity index is 0.000000196. The highest BCUT2D eigenvalue weighted by Gasteiger charge is 2.43. The standard InChI is InChI=1S/C15H20N2OS.C11H17NOS/c1-19-16-12-5-6-14-13(9-12)15(10-17(14)11-18)7-3-2-4-8-15;1-9-6-5-7-10(8-9)14(13)12-11(2,3)4/h5-6,9,11,16H,2-4,7-8,10H2,1H3;5-8,12H,1-4H3. The molecule has 2 aromatic carbocycles. The number of hydrogen-bond acceptors (Lipinski definition) is 4. The zero-order valence-corrected chi connectivity index (χ0v) is 22.1. The van der Waals surface area contributed by atoms with Gasteiger partial charge in [-0.3, -0.25) is 4.79 Å². The molecule has 1 unspecified atom stereocenters. The fraction of sp³-hybridized carbons (Fsp3) is 0.500. The minimum absolute atomic E-state index is 0.130. The molecule has 1 aliphatic heterocycles. The van der Waals surface area contributed by atoms with Crippen molar-refractivity contribution in [3.8, 4) is 0 Å². The Morgan fingerprint density at radius 2 is 1.82 bits per heavy atom. The van der Waals surface area contributed by atoms with Gasteiger partial charge in [-0.2, -0.15) is 0 Å². The Morgan fingerprint density at radius 3 is 2.42 bits per heavy atom. The molecule has 5 nitrogen and oxygen atoms in total. The van der Waals surface area contributed by atoms with Gasteiger partial charge in [-0.1, -0.05) is 43.3 Å². The first-order valence-corrected chi connectivity index (χ1v) is 14.0. The van der Waals surface area contributed by atoms with Gasteiger partial charge in [0.25, 0.3) is 0 Å². The molecule has 1 heterocycles. The first-order valence-electron chi connectivity index (χ1n) is 11.6. The van der Waals surface area contributed by atoms with Crippen LogP contribution in [0, 0.1) is 6.92 Å². The van der Waals surface area contributed by atoms with Gasteiger partial charge in [-0.15, -0.1) is 0 Å². The summed E-state index contributed by atoms with van der Waals surface area (Å²) in [6, 6.07) is 14.1. The number of nitrogens with zero attached hydrogens (tertiary/aromatic N) is 1. The maximum Gasteiger partial charge on any atom is 0.214 e. The van der Waals surface area contributed by atoms with Crippen molar-refractivity contribution in [1.29, 1.82) is 0 Å². The highest BCUT2D eigenvalue weighted by atomic mass is 32.2. The third-order valence-corrected chi connectivity index (χ3v) is 8.03. The second-order valence-corrected chi connectivity index (χ2v) is 11.9. The molecule has 1 saturated carbocycles. The summed E-state index contributed by atoms with van der Waals surface area (Å²) in [5.41, 5.74) is 4.84. The maximum absolute atomic E-state index is 11.8. The van der Waals surface area contributed by atoms with Crippen molar-refractivity contribution >= 4 is 40.7 Å². The van der Waals surface area contributed by atoms with E-state index in [1.807, 2.05) is 63.1 Å². The summed E-state index contributed by atoms with van der Waals surface area (Å²) in [5.74, 6) is 0. The van der Waals surface area contributed by atoms with Gasteiger partial charge in [0, 0.05) is 35.1 Å². The fourth-order valence-electron chi connectivity index (χ4n) is 4.71. The van der Waals surface area contributed by atoms with Gasteiger partial charge in [-0.05, 0) is 82.0 Å². The average Bonchev–Trinajstić information content (AvgIpc) is 3.06. The monoisotopic (exact) mass is 487 g/mol. The lowest BCUT2D eigenvalue weighted by Gasteiger charge is -2.34. The molecular weight excluding hydrogens is 450 g/mol. The lowest BCUT2D eigenvalue weighted by atomic mass is 9.71. The van der Waals surface area contributed by atoms with E-state index in [9.17, 15) is 9.00 Å². The molecule has 180 valence electrons. The van der Waals surface area contributed by atoms with Crippen molar-refractivity contribution in [2.75, 3.05) is 22.4 Å². The normalized spacial score (nSPS) is 17.7. The molecule has 0 saturated heterocycles. The van der Waals surface area contributed by atoms with Crippen molar-refractivity contribution in [2.45, 2.75) is 75.6 Å². The molecule has 7 heteroatoms. The number of carbonyl (C=O) groups is 1. The Labute approximate surface area is 205 Å². The molecule has 2 aromatic rings. The molecule has 0 bridgehead atoms. The SMILES string of the molecule is CSNc1ccc2c(c1)C1(CCCCC1)CN2C=O.Cc1cccc(S(=O)NC(C)(C)C)c1. The number of nitrogens with one attached hydrogen (secondary N) is 2. The maximum atomic E-state index is 11.8. The summed E-state index contributed by atoms with van der Waals surface area (Å²) in [4.78, 5) is 14.0. The molecular formula is C26H37N3O2S2. The molecule has 1 fully saturated rings. The fourth-order valence-corrected chi connectivity index (χ4v) is 6.24. The van der Waals surface area contributed by atoms with Crippen LogP contribution in [-0.2, 0) is 21.2 Å². The summed E-state index contributed by atoms with van der Waals surface area (Å²) < 4.78 is 18.1. The summed E-state index contributed by atoms with van der Waals surface area (Å²) in [6.45, 7) is 8.87. The molecule has 2 N–H and O–H groups in total. The predicted octanol–water partition coefficient (Wildman–Crippen LogP) is 5.96. The third kappa shape index (κ3) is 6.61. The van der Waals surface area contributed by atoms with Crippen LogP contribution in [-0.4, -0.2) is 29.0 Å². The second-order valence-electron chi connectivity index (χ2n) is 10.0. The number of rotatable bonds is 5. The van der Waals surface area contributed by atoms with E-state index < -0.39 is 11.0 Å². The van der Waals surface area contributed by atoms with E-state index in [1.165, 1.54) is 37.7 Å². The third-order valence-electron chi connectivity index (χ3n) is 6.11. The smallest absolute Gasteiger partial charge is 0.214 e. The van der Waals surface area contributed by atoms with Crippen LogP contribution in [0.2, 0.25) is 0 Å². The van der Waals surface area contributed by atoms with Crippen LogP contribution in [0.4, 0.5) is 11.4 Å². The molecule has 4 rings (SSSR count). The lowest BCUT2D eigenvalue weighted by molar-refractivity contribution is -0.107. The topological polar surface area (TPSA) is 61.4 Å². The predicted molar refractivity (Wildman–Crippen MR) is 142 cm³/mol. The van der Waals surface area contributed by atoms with E-state index in [1.54, 1.807) is 11.9 Å². The second kappa shape index (κ2) is 11.1. The Kier molecular flexibility index (Phi) is 8.65. The Hall–Kier alpha value is -1.83. The van der Waals surface area contributed by atoms with Gasteiger partial charge in [-0.25, -0.2) is 8.93 Å². The van der Waals surface area contributed by atoms with Gasteiger partial charge < -0.3 is 9.62 Å². The van der Waals surface area contributed by atoms with E-state index >= 15 is 0 Å². The molecule has 2 aliphatic rings. The molecule has 1 spiro atoms. The van der Waals surface area contributed by atoms with Gasteiger partial charge in [0.2, 0.25) is 6.41 Å². The first kappa shape index (κ1) is 25.8. The lowest BCUT2D eigenvalue weighted by Crippen LogP contribution is -2.37. The van der Waals surface area contributed by atoms with Crippen LogP contribution < -0.4 is 14.3 Å². The van der Waals surface area contributed by atoms with Crippen molar-refractivity contribution in [3.05, 3.63) is 53.6 Å². The van der Waals surface area contributed by atoms with Crippen LogP contribution >= 0.6 is 11.9 Å². The van der Waals surface area contributed by atoms with Crippen molar-refractivity contribution in [2.24, 2.45) is 0 Å². The van der Waals surface area contributed by atoms with Crippen molar-refractivity contribution in [1.82, 2.24) is 4.72 Å². The number of carbonyl (C=O) groups excluding carboxylic acids is 1. The molecule has 1 atom stereocenters. The highest BCUT2D eigenvalue weighted by Crippen LogP contribution is 2.49. The van der Waals surface area contributed by atoms with Crippen LogP contribution in [0.3, 0.4) is 0 Å². The van der Waals surface area contributed by atoms with Gasteiger partial charge >= 0.3 is 0 Å². The van der Waals surface area contributed by atoms with E-state index in [4.69, 9.17) is 0 Å². The summed E-state index contributed by atoms with van der Waals surface area (Å²) in [7, 11) is -1.11. The molecule has 0 aromatic heterocycles. The largest absolute Gasteiger partial charge is 0.330 e. The van der Waals surface area contributed by atoms with Gasteiger partial charge in [0.1, 0.15) is 11.0 Å². The van der Waals surface area contributed by atoms with Crippen LogP contribution in [0.5, 0.6) is 0 Å². The number of anilines is 2. The van der Waals surface area contributed by atoms with E-state index in [-0.39, 0.29) is 11.0 Å². The zero-order valence-electron chi connectivity index (χ0n) is 20.4. The number of amides is 1. The number of fused-ring (bicyclic) bond motifs is 2. The van der Waals surface area contributed by atoms with Crippen LogP contribution in [0.15, 0.2) is 47.4 Å². The number of aryl methyl sites for hydroxylation is 1. The van der Waals surface area contributed by atoms with Gasteiger partial charge in [0.05, 0.1) is 4.90 Å². The van der Waals surface area contributed by atoms with E-state index in [0.717, 1.165) is 34.8 Å². The number of benzene rings is 2.